The molecule has 0 radical (unpaired) electrons. The molecule has 9 atom stereocenters. The lowest BCUT2D eigenvalue weighted by atomic mass is 9.40. The maximum atomic E-state index is 13.5. The first-order valence-corrected chi connectivity index (χ1v) is 14.3. The van der Waals surface area contributed by atoms with Crippen LogP contribution in [0.3, 0.4) is 0 Å². The summed E-state index contributed by atoms with van der Waals surface area (Å²) in [5.74, 6) is 2.76. The van der Waals surface area contributed by atoms with Gasteiger partial charge in [0.2, 0.25) is 0 Å². The van der Waals surface area contributed by atoms with Gasteiger partial charge in [0.15, 0.2) is 0 Å². The fourth-order valence-electron chi connectivity index (χ4n) is 10.6. The van der Waals surface area contributed by atoms with Crippen LogP contribution in [0.1, 0.15) is 98.8 Å². The van der Waals surface area contributed by atoms with Crippen LogP contribution in [-0.4, -0.2) is 25.6 Å². The molecular formula is C29H45N3O3. The predicted molar refractivity (Wildman–Crippen MR) is 137 cm³/mol. The van der Waals surface area contributed by atoms with E-state index in [0.29, 0.717) is 30.1 Å². The number of nitrogens with zero attached hydrogens (tertiary/aromatic N) is 2. The third kappa shape index (κ3) is 2.76. The number of aromatic nitrogens is 3. The van der Waals surface area contributed by atoms with E-state index >= 15 is 0 Å². The van der Waals surface area contributed by atoms with Gasteiger partial charge in [-0.3, -0.25) is 4.98 Å². The molecule has 2 spiro atoms. The van der Waals surface area contributed by atoms with E-state index < -0.39 is 17.2 Å². The van der Waals surface area contributed by atoms with Crippen LogP contribution in [-0.2, 0) is 11.1 Å². The molecule has 3 fully saturated rings. The molecule has 6 heteroatoms. The van der Waals surface area contributed by atoms with Gasteiger partial charge in [-0.2, -0.15) is 0 Å². The van der Waals surface area contributed by atoms with E-state index in [2.05, 4.69) is 51.8 Å². The molecule has 6 nitrogen and oxygen atoms in total. The van der Waals surface area contributed by atoms with Crippen LogP contribution in [0.25, 0.3) is 0 Å². The Labute approximate surface area is 209 Å². The predicted octanol–water partition coefficient (Wildman–Crippen LogP) is 4.77. The van der Waals surface area contributed by atoms with Crippen LogP contribution in [0.15, 0.2) is 21.7 Å². The Kier molecular flexibility index (Phi) is 5.10. The first kappa shape index (κ1) is 23.8. The monoisotopic (exact) mass is 483 g/mol. The number of rotatable bonds is 5. The summed E-state index contributed by atoms with van der Waals surface area (Å²) in [6.45, 7) is 12.0. The van der Waals surface area contributed by atoms with E-state index in [1.165, 1.54) is 32.1 Å². The largest absolute Gasteiger partial charge is 0.393 e. The van der Waals surface area contributed by atoms with Crippen molar-refractivity contribution < 1.29 is 5.11 Å². The number of fused-ring (bicyclic) bond motifs is 1. The van der Waals surface area contributed by atoms with Crippen molar-refractivity contribution >= 4 is 0 Å². The van der Waals surface area contributed by atoms with E-state index in [4.69, 9.17) is 0 Å². The fourth-order valence-corrected chi connectivity index (χ4v) is 10.6. The zero-order valence-electron chi connectivity index (χ0n) is 22.3. The van der Waals surface area contributed by atoms with Crippen molar-refractivity contribution in [1.29, 1.82) is 0 Å². The van der Waals surface area contributed by atoms with Crippen LogP contribution in [0.4, 0.5) is 0 Å². The third-order valence-corrected chi connectivity index (χ3v) is 12.1. The third-order valence-electron chi connectivity index (χ3n) is 12.1. The summed E-state index contributed by atoms with van der Waals surface area (Å²) < 4.78 is 3.65. The standard InChI is InChI=1S/C29H45N3O3/c1-18(2)7-6-8-19(3)21-9-10-22-26(21,4)13-12-23-27(5)14-11-20(33)17-28(27)15-16-29(22,23)32-25(35)30-24(34)31(28)32/h15-16,18-23,33H,6-14,17H2,1-5H3,(H,30,34,35)/t19-,20+,21?,22-,23-,26-,27-,28?,29?/m1/s1. The smallest absolute Gasteiger partial charge is 0.345 e. The summed E-state index contributed by atoms with van der Waals surface area (Å²) >= 11 is 0. The highest BCUT2D eigenvalue weighted by Crippen LogP contribution is 2.73. The normalized spacial score (nSPS) is 46.3. The van der Waals surface area contributed by atoms with E-state index in [-0.39, 0.29) is 22.2 Å². The summed E-state index contributed by atoms with van der Waals surface area (Å²) in [4.78, 5) is 29.5. The lowest BCUT2D eigenvalue weighted by molar-refractivity contribution is -0.200. The van der Waals surface area contributed by atoms with Crippen LogP contribution < -0.4 is 11.4 Å². The highest BCUT2D eigenvalue weighted by molar-refractivity contribution is 5.35. The Morgan fingerprint density at radius 2 is 1.71 bits per heavy atom. The molecule has 0 aromatic carbocycles. The number of H-pyrrole nitrogens is 1. The summed E-state index contributed by atoms with van der Waals surface area (Å²) in [5, 5.41) is 10.7. The number of hydrogen-bond acceptors (Lipinski definition) is 3. The van der Waals surface area contributed by atoms with Crippen molar-refractivity contribution in [3.05, 3.63) is 33.1 Å². The molecule has 4 aliphatic carbocycles. The van der Waals surface area contributed by atoms with Gasteiger partial charge in [-0.25, -0.2) is 19.0 Å². The number of allylic oxidation sites excluding steroid dienone is 2. The van der Waals surface area contributed by atoms with Crippen molar-refractivity contribution in [1.82, 2.24) is 14.3 Å². The van der Waals surface area contributed by atoms with Crippen molar-refractivity contribution in [2.45, 2.75) is 116 Å². The van der Waals surface area contributed by atoms with Crippen LogP contribution in [0.2, 0.25) is 0 Å². The Bertz CT molecular complexity index is 1160. The minimum atomic E-state index is -0.622. The van der Waals surface area contributed by atoms with Crippen LogP contribution in [0, 0.1) is 40.4 Å². The Morgan fingerprint density at radius 1 is 0.971 bits per heavy atom. The van der Waals surface area contributed by atoms with Crippen molar-refractivity contribution in [3.8, 4) is 0 Å². The molecule has 35 heavy (non-hydrogen) atoms. The molecule has 2 bridgehead atoms. The average Bonchev–Trinajstić information content (AvgIpc) is 3.31. The van der Waals surface area contributed by atoms with Gasteiger partial charge in [0.05, 0.1) is 17.2 Å². The SMILES string of the molecule is CC(C)CCC[C@@H](C)C1CC[C@H]2C34C=CC5(C[C@@H](O)CC[C@]5(C)[C@H]3CC[C@]12C)n1c(=O)[nH]c(=O)n14. The first-order valence-electron chi connectivity index (χ1n) is 14.3. The van der Waals surface area contributed by atoms with Crippen molar-refractivity contribution in [2.75, 3.05) is 0 Å². The van der Waals surface area contributed by atoms with Gasteiger partial charge in [-0.05, 0) is 73.5 Å². The minimum absolute atomic E-state index is 0.137. The molecule has 194 valence electrons. The molecule has 0 saturated heterocycles. The van der Waals surface area contributed by atoms with E-state index in [1.54, 1.807) is 4.68 Å². The van der Waals surface area contributed by atoms with E-state index in [0.717, 1.165) is 31.6 Å². The molecule has 2 aliphatic heterocycles. The van der Waals surface area contributed by atoms with E-state index in [1.807, 2.05) is 4.68 Å². The summed E-state index contributed by atoms with van der Waals surface area (Å²) in [5.41, 5.74) is -1.61. The lowest BCUT2D eigenvalue weighted by Crippen LogP contribution is -2.76. The quantitative estimate of drug-likeness (QED) is 0.592. The molecule has 3 saturated carbocycles. The number of aliphatic hydroxyl groups is 1. The number of nitrogens with one attached hydrogen (secondary N) is 1. The van der Waals surface area contributed by atoms with Gasteiger partial charge in [0.25, 0.3) is 0 Å². The summed E-state index contributed by atoms with van der Waals surface area (Å²) in [7, 11) is 0. The number of hydrogen-bond donors (Lipinski definition) is 2. The maximum Gasteiger partial charge on any atom is 0.345 e. The Hall–Kier alpha value is -1.56. The fraction of sp³-hybridized carbons (Fsp3) is 0.862. The molecular weight excluding hydrogens is 438 g/mol. The lowest BCUT2D eigenvalue weighted by Gasteiger charge is -2.71. The molecule has 3 heterocycles. The van der Waals surface area contributed by atoms with Gasteiger partial charge in [0.1, 0.15) is 0 Å². The molecule has 6 aliphatic rings. The van der Waals surface area contributed by atoms with E-state index in [9.17, 15) is 14.7 Å². The second kappa shape index (κ2) is 7.49. The highest BCUT2D eigenvalue weighted by Gasteiger charge is 2.74. The topological polar surface area (TPSA) is 80.0 Å². The van der Waals surface area contributed by atoms with Gasteiger partial charge in [0, 0.05) is 11.8 Å². The zero-order chi connectivity index (χ0) is 25.0. The molecule has 0 amide bonds. The summed E-state index contributed by atoms with van der Waals surface area (Å²) in [6.07, 6.45) is 14.9. The van der Waals surface area contributed by atoms with Gasteiger partial charge in [-0.1, -0.05) is 66.0 Å². The molecule has 2 N–H and O–H groups in total. The van der Waals surface area contributed by atoms with Gasteiger partial charge >= 0.3 is 11.4 Å². The maximum absolute atomic E-state index is 13.5. The number of aliphatic hydroxyl groups excluding tert-OH is 1. The molecule has 1 aromatic rings. The average molecular weight is 484 g/mol. The Balaban J connectivity index is 1.47. The minimum Gasteiger partial charge on any atom is -0.393 e. The zero-order valence-corrected chi connectivity index (χ0v) is 22.3. The number of aromatic amines is 1. The molecule has 7 rings (SSSR count). The second-order valence-electron chi connectivity index (χ2n) is 14.0. The Morgan fingerprint density at radius 3 is 2.46 bits per heavy atom. The van der Waals surface area contributed by atoms with Gasteiger partial charge in [-0.15, -0.1) is 0 Å². The van der Waals surface area contributed by atoms with Crippen molar-refractivity contribution in [3.63, 3.8) is 0 Å². The van der Waals surface area contributed by atoms with Gasteiger partial charge < -0.3 is 5.11 Å². The van der Waals surface area contributed by atoms with Crippen molar-refractivity contribution in [2.24, 2.45) is 40.4 Å². The van der Waals surface area contributed by atoms with Crippen LogP contribution >= 0.6 is 0 Å². The highest BCUT2D eigenvalue weighted by atomic mass is 16.3. The first-order chi connectivity index (χ1) is 16.5. The summed E-state index contributed by atoms with van der Waals surface area (Å²) in [6, 6.07) is 0. The second-order valence-corrected chi connectivity index (χ2v) is 14.0. The molecule has 1 aromatic heterocycles. The molecule has 3 unspecified atom stereocenters. The van der Waals surface area contributed by atoms with Crippen LogP contribution in [0.5, 0.6) is 0 Å².